The highest BCUT2D eigenvalue weighted by Gasteiger charge is 2.17. The van der Waals surface area contributed by atoms with E-state index in [9.17, 15) is 8.42 Å². The van der Waals surface area contributed by atoms with Crippen molar-refractivity contribution in [3.05, 3.63) is 30.3 Å². The van der Waals surface area contributed by atoms with Crippen molar-refractivity contribution < 1.29 is 13.6 Å². The Kier molecular flexibility index (Phi) is 4.33. The van der Waals surface area contributed by atoms with Crippen LogP contribution in [0.4, 0.5) is 5.69 Å². The summed E-state index contributed by atoms with van der Waals surface area (Å²) in [5.74, 6) is -0.00502. The number of benzene rings is 1. The minimum atomic E-state index is -3.38. The van der Waals surface area contributed by atoms with Gasteiger partial charge in [0, 0.05) is 13.0 Å². The van der Waals surface area contributed by atoms with Crippen LogP contribution in [0.25, 0.3) is 0 Å². The van der Waals surface area contributed by atoms with Gasteiger partial charge in [0.1, 0.15) is 5.84 Å². The third kappa shape index (κ3) is 3.95. The van der Waals surface area contributed by atoms with E-state index in [1.807, 2.05) is 0 Å². The average Bonchev–Trinajstić information content (AvgIpc) is 2.28. The van der Waals surface area contributed by atoms with Gasteiger partial charge in [-0.3, -0.25) is 4.31 Å². The van der Waals surface area contributed by atoms with Crippen LogP contribution in [0, 0.1) is 0 Å². The molecule has 0 spiro atoms. The number of hydrogen-bond donors (Lipinski definition) is 2. The van der Waals surface area contributed by atoms with E-state index in [0.29, 0.717) is 5.69 Å². The number of nitrogens with zero attached hydrogens (tertiary/aromatic N) is 2. The number of para-hydroxylation sites is 1. The summed E-state index contributed by atoms with van der Waals surface area (Å²) >= 11 is 0. The van der Waals surface area contributed by atoms with Gasteiger partial charge in [-0.1, -0.05) is 23.4 Å². The summed E-state index contributed by atoms with van der Waals surface area (Å²) in [6.07, 6.45) is 1.28. The molecule has 94 valence electrons. The summed E-state index contributed by atoms with van der Waals surface area (Å²) in [4.78, 5) is 0. The maximum atomic E-state index is 11.6. The summed E-state index contributed by atoms with van der Waals surface area (Å²) in [5.41, 5.74) is 5.88. The number of hydrogen-bond acceptors (Lipinski definition) is 4. The molecule has 1 rings (SSSR count). The van der Waals surface area contributed by atoms with Gasteiger partial charge in [0.2, 0.25) is 10.0 Å². The van der Waals surface area contributed by atoms with Crippen LogP contribution in [0.5, 0.6) is 0 Å². The predicted molar refractivity (Wildman–Crippen MR) is 66.7 cm³/mol. The van der Waals surface area contributed by atoms with Gasteiger partial charge in [0.05, 0.1) is 11.9 Å². The van der Waals surface area contributed by atoms with E-state index >= 15 is 0 Å². The van der Waals surface area contributed by atoms with E-state index in [0.717, 1.165) is 6.26 Å². The first-order valence-electron chi connectivity index (χ1n) is 4.94. The standard InChI is InChI=1S/C10H15N3O3S/c1-17(15,16)13(8-7-10(11)12-14)9-5-3-2-4-6-9/h2-6,14H,7-8H2,1H3,(H2,11,12). The van der Waals surface area contributed by atoms with Crippen molar-refractivity contribution in [3.8, 4) is 0 Å². The molecule has 17 heavy (non-hydrogen) atoms. The molecule has 6 nitrogen and oxygen atoms in total. The lowest BCUT2D eigenvalue weighted by Crippen LogP contribution is -2.33. The Balaban J connectivity index is 2.91. The van der Waals surface area contributed by atoms with E-state index < -0.39 is 10.0 Å². The topological polar surface area (TPSA) is 96.0 Å². The van der Waals surface area contributed by atoms with Crippen molar-refractivity contribution >= 4 is 21.5 Å². The van der Waals surface area contributed by atoms with Gasteiger partial charge in [-0.15, -0.1) is 0 Å². The van der Waals surface area contributed by atoms with Crippen LogP contribution in [-0.2, 0) is 10.0 Å². The number of sulfonamides is 1. The lowest BCUT2D eigenvalue weighted by Gasteiger charge is -2.21. The summed E-state index contributed by atoms with van der Waals surface area (Å²) < 4.78 is 24.4. The molecule has 1 aromatic carbocycles. The Hall–Kier alpha value is -1.76. The minimum absolute atomic E-state index is 0.00502. The second-order valence-electron chi connectivity index (χ2n) is 3.51. The van der Waals surface area contributed by atoms with Gasteiger partial charge < -0.3 is 10.9 Å². The molecule has 0 fully saturated rings. The third-order valence-corrected chi connectivity index (χ3v) is 3.34. The van der Waals surface area contributed by atoms with Gasteiger partial charge in [-0.25, -0.2) is 8.42 Å². The fourth-order valence-electron chi connectivity index (χ4n) is 1.35. The quantitative estimate of drug-likeness (QED) is 0.349. The molecule has 0 atom stereocenters. The molecule has 0 aliphatic heterocycles. The average molecular weight is 257 g/mol. The molecule has 0 aromatic heterocycles. The van der Waals surface area contributed by atoms with Crippen molar-refractivity contribution in [2.45, 2.75) is 6.42 Å². The molecule has 1 aromatic rings. The summed E-state index contributed by atoms with van der Waals surface area (Å²) in [5, 5.41) is 11.2. The Morgan fingerprint density at radius 2 is 2.00 bits per heavy atom. The molecule has 0 aliphatic carbocycles. The number of oxime groups is 1. The molecule has 3 N–H and O–H groups in total. The van der Waals surface area contributed by atoms with Gasteiger partial charge in [0.25, 0.3) is 0 Å². The highest BCUT2D eigenvalue weighted by atomic mass is 32.2. The Morgan fingerprint density at radius 1 is 1.41 bits per heavy atom. The number of rotatable bonds is 5. The second-order valence-corrected chi connectivity index (χ2v) is 5.42. The number of amidine groups is 1. The van der Waals surface area contributed by atoms with Crippen LogP contribution >= 0.6 is 0 Å². The summed E-state index contributed by atoms with van der Waals surface area (Å²) in [6.45, 7) is 0.138. The first-order chi connectivity index (χ1) is 7.95. The second kappa shape index (κ2) is 5.53. The Bertz CT molecular complexity index is 485. The van der Waals surface area contributed by atoms with Crippen LogP contribution in [-0.4, -0.2) is 32.3 Å². The molecule has 0 saturated carbocycles. The van der Waals surface area contributed by atoms with Crippen LogP contribution in [0.2, 0.25) is 0 Å². The van der Waals surface area contributed by atoms with E-state index in [1.165, 1.54) is 4.31 Å². The molecule has 0 amide bonds. The Morgan fingerprint density at radius 3 is 2.47 bits per heavy atom. The smallest absolute Gasteiger partial charge is 0.232 e. The fraction of sp³-hybridized carbons (Fsp3) is 0.300. The van der Waals surface area contributed by atoms with Gasteiger partial charge >= 0.3 is 0 Å². The van der Waals surface area contributed by atoms with Gasteiger partial charge in [0.15, 0.2) is 0 Å². The normalized spacial score (nSPS) is 12.4. The van der Waals surface area contributed by atoms with Crippen molar-refractivity contribution in [2.24, 2.45) is 10.9 Å². The molecule has 0 bridgehead atoms. The first kappa shape index (κ1) is 13.3. The highest BCUT2D eigenvalue weighted by molar-refractivity contribution is 7.92. The zero-order valence-electron chi connectivity index (χ0n) is 9.44. The largest absolute Gasteiger partial charge is 0.409 e. The van der Waals surface area contributed by atoms with Crippen LogP contribution in [0.3, 0.4) is 0 Å². The van der Waals surface area contributed by atoms with E-state index in [2.05, 4.69) is 5.16 Å². The molecular formula is C10H15N3O3S. The first-order valence-corrected chi connectivity index (χ1v) is 6.79. The lowest BCUT2D eigenvalue weighted by atomic mass is 10.3. The van der Waals surface area contributed by atoms with Crippen molar-refractivity contribution in [1.29, 1.82) is 0 Å². The molecular weight excluding hydrogens is 242 g/mol. The maximum absolute atomic E-state index is 11.6. The number of anilines is 1. The molecule has 0 radical (unpaired) electrons. The summed E-state index contributed by atoms with van der Waals surface area (Å²) in [6, 6.07) is 8.67. The van der Waals surface area contributed by atoms with Crippen molar-refractivity contribution in [3.63, 3.8) is 0 Å². The summed E-state index contributed by atoms with van der Waals surface area (Å²) in [7, 11) is -3.38. The fourth-order valence-corrected chi connectivity index (χ4v) is 2.27. The van der Waals surface area contributed by atoms with E-state index in [4.69, 9.17) is 10.9 Å². The molecule has 7 heteroatoms. The SMILES string of the molecule is CS(=O)(=O)N(CC/C(N)=N/O)c1ccccc1. The van der Waals surface area contributed by atoms with E-state index in [-0.39, 0.29) is 18.8 Å². The Labute approximate surface area is 100 Å². The maximum Gasteiger partial charge on any atom is 0.232 e. The monoisotopic (exact) mass is 257 g/mol. The third-order valence-electron chi connectivity index (χ3n) is 2.14. The zero-order valence-corrected chi connectivity index (χ0v) is 10.3. The molecule has 0 saturated heterocycles. The molecule has 0 unspecified atom stereocenters. The molecule has 0 aliphatic rings. The van der Waals surface area contributed by atoms with Gasteiger partial charge in [-0.05, 0) is 12.1 Å². The zero-order chi connectivity index (χ0) is 12.9. The predicted octanol–water partition coefficient (Wildman–Crippen LogP) is 0.589. The minimum Gasteiger partial charge on any atom is -0.409 e. The molecule has 0 heterocycles. The number of nitrogens with two attached hydrogens (primary N) is 1. The van der Waals surface area contributed by atoms with Crippen molar-refractivity contribution in [2.75, 3.05) is 17.1 Å². The van der Waals surface area contributed by atoms with Crippen LogP contribution < -0.4 is 10.0 Å². The van der Waals surface area contributed by atoms with Crippen molar-refractivity contribution in [1.82, 2.24) is 0 Å². The van der Waals surface area contributed by atoms with Gasteiger partial charge in [-0.2, -0.15) is 0 Å². The lowest BCUT2D eigenvalue weighted by molar-refractivity contribution is 0.317. The van der Waals surface area contributed by atoms with Crippen LogP contribution in [0.1, 0.15) is 6.42 Å². The van der Waals surface area contributed by atoms with E-state index in [1.54, 1.807) is 30.3 Å². The highest BCUT2D eigenvalue weighted by Crippen LogP contribution is 2.16. The van der Waals surface area contributed by atoms with Crippen LogP contribution in [0.15, 0.2) is 35.5 Å².